The molecule has 0 radical (unpaired) electrons. The highest BCUT2D eigenvalue weighted by molar-refractivity contribution is 6.02. The highest BCUT2D eigenvalue weighted by atomic mass is 16.3. The number of rotatable bonds is 4. The summed E-state index contributed by atoms with van der Waals surface area (Å²) in [5, 5.41) is 2.38. The average Bonchev–Trinajstić information content (AvgIpc) is 3.35. The molecule has 0 bridgehead atoms. The van der Waals surface area contributed by atoms with Crippen LogP contribution in [0.1, 0.15) is 0 Å². The standard InChI is InChI=1S/C29H20N2O/c1-2-8-21(9-3-1)22-16-18-24(19-17-22)31(27-14-7-15-28-29(27)30-20-32-28)26-13-6-11-23-10-4-5-12-25(23)26/h1-20H. The number of oxazole rings is 1. The number of aromatic nitrogens is 1. The van der Waals surface area contributed by atoms with Gasteiger partial charge in [0.05, 0.1) is 11.4 Å². The molecule has 32 heavy (non-hydrogen) atoms. The Bertz CT molecular complexity index is 1510. The molecule has 0 saturated heterocycles. The van der Waals surface area contributed by atoms with Crippen molar-refractivity contribution in [1.82, 2.24) is 4.98 Å². The lowest BCUT2D eigenvalue weighted by atomic mass is 10.0. The SMILES string of the molecule is c1ccc(-c2ccc(N(c3cccc4ccccc34)c3cccc4ocnc34)cc2)cc1. The lowest BCUT2D eigenvalue weighted by Crippen LogP contribution is -2.11. The van der Waals surface area contributed by atoms with E-state index in [2.05, 4.69) is 107 Å². The van der Waals surface area contributed by atoms with Gasteiger partial charge < -0.3 is 9.32 Å². The molecule has 152 valence electrons. The van der Waals surface area contributed by atoms with Crippen LogP contribution in [-0.4, -0.2) is 4.98 Å². The first-order valence-electron chi connectivity index (χ1n) is 10.6. The predicted molar refractivity (Wildman–Crippen MR) is 132 cm³/mol. The van der Waals surface area contributed by atoms with Gasteiger partial charge in [0.25, 0.3) is 0 Å². The highest BCUT2D eigenvalue weighted by Crippen LogP contribution is 2.41. The van der Waals surface area contributed by atoms with Crippen molar-refractivity contribution in [3.05, 3.63) is 122 Å². The minimum atomic E-state index is 0.772. The van der Waals surface area contributed by atoms with Crippen molar-refractivity contribution < 1.29 is 4.42 Å². The summed E-state index contributed by atoms with van der Waals surface area (Å²) >= 11 is 0. The van der Waals surface area contributed by atoms with Gasteiger partial charge in [-0.1, -0.05) is 84.9 Å². The Labute approximate surface area is 186 Å². The summed E-state index contributed by atoms with van der Waals surface area (Å²) in [6, 6.07) is 40.1. The van der Waals surface area contributed by atoms with E-state index in [4.69, 9.17) is 4.42 Å². The first kappa shape index (κ1) is 18.4. The van der Waals surface area contributed by atoms with Crippen LogP contribution in [0.4, 0.5) is 17.1 Å². The van der Waals surface area contributed by atoms with E-state index in [1.165, 1.54) is 28.3 Å². The van der Waals surface area contributed by atoms with Crippen LogP contribution in [0.2, 0.25) is 0 Å². The molecule has 0 saturated carbocycles. The maximum absolute atomic E-state index is 5.61. The summed E-state index contributed by atoms with van der Waals surface area (Å²) < 4.78 is 5.61. The molecule has 0 fully saturated rings. The molecule has 0 atom stereocenters. The van der Waals surface area contributed by atoms with E-state index < -0.39 is 0 Å². The second-order valence-corrected chi connectivity index (χ2v) is 7.72. The van der Waals surface area contributed by atoms with Crippen molar-refractivity contribution in [3.8, 4) is 11.1 Å². The number of anilines is 3. The van der Waals surface area contributed by atoms with Crippen LogP contribution in [0.5, 0.6) is 0 Å². The fourth-order valence-corrected chi connectivity index (χ4v) is 4.30. The van der Waals surface area contributed by atoms with Crippen molar-refractivity contribution in [2.24, 2.45) is 0 Å². The molecule has 3 heteroatoms. The van der Waals surface area contributed by atoms with Crippen molar-refractivity contribution >= 4 is 38.9 Å². The summed E-state index contributed by atoms with van der Waals surface area (Å²) in [7, 11) is 0. The number of benzene rings is 5. The van der Waals surface area contributed by atoms with Gasteiger partial charge >= 0.3 is 0 Å². The molecule has 6 rings (SSSR count). The van der Waals surface area contributed by atoms with Gasteiger partial charge in [0.2, 0.25) is 0 Å². The maximum Gasteiger partial charge on any atom is 0.182 e. The van der Waals surface area contributed by atoms with Gasteiger partial charge in [0, 0.05) is 11.1 Å². The van der Waals surface area contributed by atoms with E-state index in [-0.39, 0.29) is 0 Å². The van der Waals surface area contributed by atoms with Gasteiger partial charge in [-0.3, -0.25) is 0 Å². The van der Waals surface area contributed by atoms with Gasteiger partial charge in [0.1, 0.15) is 5.52 Å². The summed E-state index contributed by atoms with van der Waals surface area (Å²) in [4.78, 5) is 6.79. The second-order valence-electron chi connectivity index (χ2n) is 7.72. The summed E-state index contributed by atoms with van der Waals surface area (Å²) in [5.41, 5.74) is 7.16. The van der Waals surface area contributed by atoms with Crippen molar-refractivity contribution in [2.45, 2.75) is 0 Å². The fourth-order valence-electron chi connectivity index (χ4n) is 4.30. The molecule has 0 N–H and O–H groups in total. The zero-order valence-electron chi connectivity index (χ0n) is 17.3. The number of nitrogens with zero attached hydrogens (tertiary/aromatic N) is 2. The van der Waals surface area contributed by atoms with E-state index in [1.54, 1.807) is 0 Å². The third-order valence-corrected chi connectivity index (χ3v) is 5.82. The van der Waals surface area contributed by atoms with Crippen LogP contribution in [-0.2, 0) is 0 Å². The van der Waals surface area contributed by atoms with Gasteiger partial charge in [-0.15, -0.1) is 0 Å². The Morgan fingerprint density at radius 2 is 1.25 bits per heavy atom. The molecule has 0 unspecified atom stereocenters. The molecule has 0 aliphatic heterocycles. The van der Waals surface area contributed by atoms with E-state index in [1.807, 2.05) is 18.2 Å². The molecular formula is C29H20N2O. The number of para-hydroxylation sites is 1. The molecule has 3 nitrogen and oxygen atoms in total. The Hall–Kier alpha value is -4.37. The third kappa shape index (κ3) is 3.12. The first-order chi connectivity index (χ1) is 15.9. The maximum atomic E-state index is 5.61. The summed E-state index contributed by atoms with van der Waals surface area (Å²) in [6.07, 6.45) is 1.51. The van der Waals surface area contributed by atoms with Gasteiger partial charge in [-0.05, 0) is 46.8 Å². The minimum Gasteiger partial charge on any atom is -0.443 e. The third-order valence-electron chi connectivity index (χ3n) is 5.82. The average molecular weight is 412 g/mol. The summed E-state index contributed by atoms with van der Waals surface area (Å²) in [5.74, 6) is 0. The predicted octanol–water partition coefficient (Wildman–Crippen LogP) is 8.12. The van der Waals surface area contributed by atoms with Crippen LogP contribution in [0, 0.1) is 0 Å². The molecule has 6 aromatic rings. The van der Waals surface area contributed by atoms with Crippen molar-refractivity contribution in [1.29, 1.82) is 0 Å². The quantitative estimate of drug-likeness (QED) is 0.293. The summed E-state index contributed by atoms with van der Waals surface area (Å²) in [6.45, 7) is 0. The van der Waals surface area contributed by atoms with Crippen LogP contribution >= 0.6 is 0 Å². The molecule has 0 amide bonds. The molecule has 0 aliphatic rings. The van der Waals surface area contributed by atoms with Crippen molar-refractivity contribution in [3.63, 3.8) is 0 Å². The largest absolute Gasteiger partial charge is 0.443 e. The van der Waals surface area contributed by atoms with E-state index in [0.29, 0.717) is 0 Å². The minimum absolute atomic E-state index is 0.772. The van der Waals surface area contributed by atoms with Crippen LogP contribution in [0.25, 0.3) is 33.0 Å². The highest BCUT2D eigenvalue weighted by Gasteiger charge is 2.19. The lowest BCUT2D eigenvalue weighted by Gasteiger charge is -2.27. The Morgan fingerprint density at radius 1 is 0.562 bits per heavy atom. The first-order valence-corrected chi connectivity index (χ1v) is 10.6. The lowest BCUT2D eigenvalue weighted by molar-refractivity contribution is 0.602. The number of hydrogen-bond acceptors (Lipinski definition) is 3. The molecule has 1 aromatic heterocycles. The van der Waals surface area contributed by atoms with Crippen LogP contribution < -0.4 is 4.90 Å². The zero-order valence-corrected chi connectivity index (χ0v) is 17.3. The van der Waals surface area contributed by atoms with Gasteiger partial charge in [-0.25, -0.2) is 4.98 Å². The smallest absolute Gasteiger partial charge is 0.182 e. The molecule has 0 spiro atoms. The Morgan fingerprint density at radius 3 is 2.12 bits per heavy atom. The Balaban J connectivity index is 1.57. The topological polar surface area (TPSA) is 29.3 Å². The molecule has 1 heterocycles. The van der Waals surface area contributed by atoms with Crippen LogP contribution in [0.3, 0.4) is 0 Å². The molecule has 0 aliphatic carbocycles. The molecular weight excluding hydrogens is 392 g/mol. The van der Waals surface area contributed by atoms with E-state index >= 15 is 0 Å². The van der Waals surface area contributed by atoms with Crippen molar-refractivity contribution in [2.75, 3.05) is 4.90 Å². The van der Waals surface area contributed by atoms with Crippen LogP contribution in [0.15, 0.2) is 126 Å². The van der Waals surface area contributed by atoms with E-state index in [9.17, 15) is 0 Å². The zero-order chi connectivity index (χ0) is 21.3. The van der Waals surface area contributed by atoms with Gasteiger partial charge in [0.15, 0.2) is 12.0 Å². The van der Waals surface area contributed by atoms with E-state index in [0.717, 1.165) is 28.2 Å². The normalized spacial score (nSPS) is 11.1. The Kier molecular flexibility index (Phi) is 4.43. The molecule has 5 aromatic carbocycles. The van der Waals surface area contributed by atoms with Gasteiger partial charge in [-0.2, -0.15) is 0 Å². The number of hydrogen-bond donors (Lipinski definition) is 0. The second kappa shape index (κ2) is 7.71. The monoisotopic (exact) mass is 412 g/mol. The number of fused-ring (bicyclic) bond motifs is 2. The fraction of sp³-hybridized carbons (Fsp3) is 0.